The minimum Gasteiger partial charge on any atom is -0.478 e. The topological polar surface area (TPSA) is 90.0 Å². The number of halogens is 2. The first-order chi connectivity index (χ1) is 11.2. The van der Waals surface area contributed by atoms with E-state index in [1.807, 2.05) is 0 Å². The van der Waals surface area contributed by atoms with E-state index < -0.39 is 60.5 Å². The molecule has 3 aliphatic heterocycles. The van der Waals surface area contributed by atoms with Crippen molar-refractivity contribution in [1.29, 1.82) is 0 Å². The molecule has 11 heteroatoms. The van der Waals surface area contributed by atoms with Gasteiger partial charge < -0.3 is 9.47 Å². The molecule has 24 heavy (non-hydrogen) atoms. The second-order valence-corrected chi connectivity index (χ2v) is 10.4. The van der Waals surface area contributed by atoms with Crippen molar-refractivity contribution in [2.75, 3.05) is 24.6 Å². The summed E-state index contributed by atoms with van der Waals surface area (Å²) < 4.78 is 86.7. The van der Waals surface area contributed by atoms with Gasteiger partial charge in [0.25, 0.3) is 0 Å². The van der Waals surface area contributed by atoms with Gasteiger partial charge >= 0.3 is 0 Å². The third-order valence-electron chi connectivity index (χ3n) is 4.40. The van der Waals surface area contributed by atoms with Crippen LogP contribution in [0.2, 0.25) is 0 Å². The molecule has 0 bridgehead atoms. The van der Waals surface area contributed by atoms with Crippen molar-refractivity contribution < 1.29 is 35.1 Å². The number of sulfone groups is 1. The smallest absolute Gasteiger partial charge is 0.219 e. The van der Waals surface area contributed by atoms with Crippen molar-refractivity contribution in [3.05, 3.63) is 23.8 Å². The molecule has 1 aromatic carbocycles. The molecule has 4 rings (SSSR count). The van der Waals surface area contributed by atoms with Gasteiger partial charge in [0.15, 0.2) is 33.7 Å². The van der Waals surface area contributed by atoms with E-state index in [-0.39, 0.29) is 24.6 Å². The highest BCUT2D eigenvalue weighted by atomic mass is 32.2. The average Bonchev–Trinajstić information content (AvgIpc) is 2.91. The van der Waals surface area contributed by atoms with Crippen LogP contribution in [0.25, 0.3) is 0 Å². The van der Waals surface area contributed by atoms with Crippen molar-refractivity contribution in [1.82, 2.24) is 4.31 Å². The molecular weight excluding hydrogens is 368 g/mol. The van der Waals surface area contributed by atoms with E-state index in [9.17, 15) is 25.6 Å². The quantitative estimate of drug-likeness (QED) is 0.712. The lowest BCUT2D eigenvalue weighted by molar-refractivity contribution is 0.0467. The Hall–Kier alpha value is -1.46. The zero-order valence-electron chi connectivity index (χ0n) is 12.2. The van der Waals surface area contributed by atoms with Crippen LogP contribution < -0.4 is 9.47 Å². The molecule has 132 valence electrons. The lowest BCUT2D eigenvalue weighted by Crippen LogP contribution is -2.52. The van der Waals surface area contributed by atoms with Crippen molar-refractivity contribution in [2.24, 2.45) is 0 Å². The predicted octanol–water partition coefficient (Wildman–Crippen LogP) is -0.0844. The molecule has 1 aromatic rings. The Morgan fingerprint density at radius 3 is 1.88 bits per heavy atom. The molecule has 0 amide bonds. The number of hydrogen-bond donors (Lipinski definition) is 0. The molecular formula is C13H13F2NO6S2. The van der Waals surface area contributed by atoms with Crippen molar-refractivity contribution in [3.63, 3.8) is 0 Å². The van der Waals surface area contributed by atoms with Crippen LogP contribution in [0.3, 0.4) is 0 Å². The molecule has 0 aromatic heterocycles. The Kier molecular flexibility index (Phi) is 3.35. The minimum atomic E-state index is -3.83. The number of sulfonamides is 1. The third kappa shape index (κ3) is 2.37. The molecule has 7 nitrogen and oxygen atoms in total. The van der Waals surface area contributed by atoms with Crippen LogP contribution >= 0.6 is 0 Å². The summed E-state index contributed by atoms with van der Waals surface area (Å²) in [6.07, 6.45) is -1.56. The molecule has 0 radical (unpaired) electrons. The number of fused-ring (bicyclic) bond motifs is 2. The summed E-state index contributed by atoms with van der Waals surface area (Å²) in [5.41, 5.74) is 0. The summed E-state index contributed by atoms with van der Waals surface area (Å²) in [5, 5.41) is -0.987. The molecule has 0 unspecified atom stereocenters. The van der Waals surface area contributed by atoms with Gasteiger partial charge in [0.2, 0.25) is 21.5 Å². The van der Waals surface area contributed by atoms with E-state index in [1.165, 1.54) is 0 Å². The second kappa shape index (κ2) is 5.02. The number of benzene rings is 1. The monoisotopic (exact) mass is 381 g/mol. The zero-order chi connectivity index (χ0) is 17.3. The summed E-state index contributed by atoms with van der Waals surface area (Å²) in [7, 11) is -7.12. The Bertz CT molecular complexity index is 866. The first kappa shape index (κ1) is 16.0. The number of rotatable bonds is 2. The van der Waals surface area contributed by atoms with Gasteiger partial charge in [-0.3, -0.25) is 0 Å². The summed E-state index contributed by atoms with van der Waals surface area (Å²) in [4.78, 5) is 0. The molecule has 0 saturated carbocycles. The maximum Gasteiger partial charge on any atom is 0.219 e. The van der Waals surface area contributed by atoms with Gasteiger partial charge in [0.1, 0.15) is 5.25 Å². The maximum atomic E-state index is 13.7. The van der Waals surface area contributed by atoms with Gasteiger partial charge in [-0.25, -0.2) is 25.6 Å². The highest BCUT2D eigenvalue weighted by molar-refractivity contribution is 7.98. The predicted molar refractivity (Wildman–Crippen MR) is 78.1 cm³/mol. The van der Waals surface area contributed by atoms with Crippen LogP contribution in [0.15, 0.2) is 12.1 Å². The SMILES string of the molecule is O=S1(=O)CC(S(=O)(=O)N2C[C@@H]3Oc4c(F)ccc(F)c4O[C@@H]3C2)C1. The van der Waals surface area contributed by atoms with Gasteiger partial charge in [-0.15, -0.1) is 0 Å². The van der Waals surface area contributed by atoms with Gasteiger partial charge in [0, 0.05) is 0 Å². The van der Waals surface area contributed by atoms with Crippen LogP contribution in [-0.4, -0.2) is 63.2 Å². The fourth-order valence-corrected chi connectivity index (χ4v) is 7.87. The average molecular weight is 381 g/mol. The zero-order valence-corrected chi connectivity index (χ0v) is 13.8. The lowest BCUT2D eigenvalue weighted by Gasteiger charge is -2.29. The molecule has 2 fully saturated rings. The Labute approximate surface area is 137 Å². The van der Waals surface area contributed by atoms with Crippen LogP contribution in [0, 0.1) is 11.6 Å². The Morgan fingerprint density at radius 1 is 1.00 bits per heavy atom. The van der Waals surface area contributed by atoms with Crippen molar-refractivity contribution in [2.45, 2.75) is 17.5 Å². The molecule has 2 atom stereocenters. The van der Waals surface area contributed by atoms with Gasteiger partial charge in [-0.05, 0) is 12.1 Å². The standard InChI is InChI=1S/C13H13F2NO6S2/c14-8-1-2-9(15)13-12(8)21-10-3-16(4-11(10)22-13)24(19,20)7-5-23(17,18)6-7/h1-2,7,10-11H,3-6H2/t10-,11+. The van der Waals surface area contributed by atoms with Crippen molar-refractivity contribution in [3.8, 4) is 11.5 Å². The highest BCUT2D eigenvalue weighted by Gasteiger charge is 2.51. The number of ether oxygens (including phenoxy) is 2. The van der Waals surface area contributed by atoms with E-state index in [1.54, 1.807) is 0 Å². The van der Waals surface area contributed by atoms with E-state index >= 15 is 0 Å². The second-order valence-electron chi connectivity index (χ2n) is 6.06. The fraction of sp³-hybridized carbons (Fsp3) is 0.538. The molecule has 0 N–H and O–H groups in total. The third-order valence-corrected chi connectivity index (χ3v) is 8.83. The summed E-state index contributed by atoms with van der Waals surface area (Å²) in [6.45, 7) is -0.197. The molecule has 3 aliphatic rings. The summed E-state index contributed by atoms with van der Waals surface area (Å²) >= 11 is 0. The summed E-state index contributed by atoms with van der Waals surface area (Å²) in [5.74, 6) is -3.16. The lowest BCUT2D eigenvalue weighted by atomic mass is 10.2. The summed E-state index contributed by atoms with van der Waals surface area (Å²) in [6, 6.07) is 1.81. The minimum absolute atomic E-state index is 0.0983. The fourth-order valence-electron chi connectivity index (χ4n) is 3.08. The normalized spacial score (nSPS) is 29.1. The largest absolute Gasteiger partial charge is 0.478 e. The van der Waals surface area contributed by atoms with Crippen LogP contribution in [0.4, 0.5) is 8.78 Å². The maximum absolute atomic E-state index is 13.7. The molecule has 3 heterocycles. The van der Waals surface area contributed by atoms with Crippen LogP contribution in [0.5, 0.6) is 11.5 Å². The Morgan fingerprint density at radius 2 is 1.46 bits per heavy atom. The molecule has 2 saturated heterocycles. The van der Waals surface area contributed by atoms with Crippen LogP contribution in [-0.2, 0) is 19.9 Å². The first-order valence-corrected chi connectivity index (χ1v) is 10.5. The van der Waals surface area contributed by atoms with E-state index in [2.05, 4.69) is 0 Å². The van der Waals surface area contributed by atoms with E-state index in [0.717, 1.165) is 16.4 Å². The van der Waals surface area contributed by atoms with E-state index in [0.29, 0.717) is 0 Å². The van der Waals surface area contributed by atoms with Gasteiger partial charge in [-0.2, -0.15) is 4.31 Å². The van der Waals surface area contributed by atoms with Crippen molar-refractivity contribution >= 4 is 19.9 Å². The molecule has 0 spiro atoms. The number of nitrogens with zero attached hydrogens (tertiary/aromatic N) is 1. The molecule has 0 aliphatic carbocycles. The first-order valence-electron chi connectivity index (χ1n) is 7.18. The van der Waals surface area contributed by atoms with Gasteiger partial charge in [-0.1, -0.05) is 0 Å². The van der Waals surface area contributed by atoms with E-state index in [4.69, 9.17) is 9.47 Å². The number of hydrogen-bond acceptors (Lipinski definition) is 6. The van der Waals surface area contributed by atoms with Gasteiger partial charge in [0.05, 0.1) is 24.6 Å². The Balaban J connectivity index is 1.56. The van der Waals surface area contributed by atoms with Crippen LogP contribution in [0.1, 0.15) is 0 Å². The highest BCUT2D eigenvalue weighted by Crippen LogP contribution is 2.41.